The molecule has 1 heteroatoms. The van der Waals surface area contributed by atoms with Crippen molar-refractivity contribution in [2.24, 2.45) is 0 Å². The van der Waals surface area contributed by atoms with Gasteiger partial charge in [-0.05, 0) is 37.5 Å². The number of benzene rings is 2. The van der Waals surface area contributed by atoms with Gasteiger partial charge in [0.2, 0.25) is 0 Å². The molecule has 0 aliphatic rings. The van der Waals surface area contributed by atoms with Crippen molar-refractivity contribution in [1.29, 1.82) is 0 Å². The average molecular weight is 239 g/mol. The number of hydrogen-bond acceptors (Lipinski definition) is 1. The van der Waals surface area contributed by atoms with Crippen LogP contribution in [0.2, 0.25) is 0 Å². The van der Waals surface area contributed by atoms with Crippen LogP contribution in [-0.2, 0) is 6.42 Å². The van der Waals surface area contributed by atoms with E-state index in [-0.39, 0.29) is 0 Å². The zero-order valence-electron chi connectivity index (χ0n) is 11.0. The summed E-state index contributed by atoms with van der Waals surface area (Å²) in [6.45, 7) is 4.41. The van der Waals surface area contributed by atoms with Crippen molar-refractivity contribution < 1.29 is 0 Å². The van der Waals surface area contributed by atoms with Crippen LogP contribution in [0, 0.1) is 0 Å². The highest BCUT2D eigenvalue weighted by Gasteiger charge is 2.02. The minimum absolute atomic E-state index is 1.07. The van der Waals surface area contributed by atoms with Gasteiger partial charge in [-0.15, -0.1) is 0 Å². The van der Waals surface area contributed by atoms with Gasteiger partial charge in [0.25, 0.3) is 0 Å². The molecule has 0 bridgehead atoms. The molecule has 0 unspecified atom stereocenters. The predicted octanol–water partition coefficient (Wildman–Crippen LogP) is 4.15. The largest absolute Gasteiger partial charge is 0.372 e. The van der Waals surface area contributed by atoms with Crippen LogP contribution in [0.3, 0.4) is 0 Å². The maximum Gasteiger partial charge on any atom is 0.0366 e. The van der Waals surface area contributed by atoms with E-state index in [9.17, 15) is 0 Å². The van der Waals surface area contributed by atoms with Crippen molar-refractivity contribution >= 4 is 5.69 Å². The summed E-state index contributed by atoms with van der Waals surface area (Å²) in [5.74, 6) is 0. The van der Waals surface area contributed by atoms with Crippen LogP contribution in [0.15, 0.2) is 60.7 Å². The summed E-state index contributed by atoms with van der Waals surface area (Å²) in [6, 6.07) is 21.4. The Kier molecular flexibility index (Phi) is 4.83. The van der Waals surface area contributed by atoms with Crippen LogP contribution in [-0.4, -0.2) is 13.1 Å². The van der Waals surface area contributed by atoms with Gasteiger partial charge in [0.15, 0.2) is 0 Å². The van der Waals surface area contributed by atoms with Crippen LogP contribution in [0.1, 0.15) is 18.9 Å². The molecule has 0 atom stereocenters. The van der Waals surface area contributed by atoms with Gasteiger partial charge in [-0.3, -0.25) is 0 Å². The fourth-order valence-electron chi connectivity index (χ4n) is 2.23. The molecule has 0 fully saturated rings. The molecule has 2 rings (SSSR count). The fourth-order valence-corrected chi connectivity index (χ4v) is 2.23. The second-order valence-electron chi connectivity index (χ2n) is 4.50. The van der Waals surface area contributed by atoms with E-state index in [1.807, 2.05) is 0 Å². The van der Waals surface area contributed by atoms with Crippen LogP contribution in [0.5, 0.6) is 0 Å². The topological polar surface area (TPSA) is 3.24 Å². The van der Waals surface area contributed by atoms with E-state index >= 15 is 0 Å². The van der Waals surface area contributed by atoms with Gasteiger partial charge in [-0.1, -0.05) is 48.5 Å². The molecule has 1 nitrogen and oxygen atoms in total. The van der Waals surface area contributed by atoms with Crippen LogP contribution < -0.4 is 4.90 Å². The van der Waals surface area contributed by atoms with E-state index in [0.29, 0.717) is 0 Å². The van der Waals surface area contributed by atoms with Crippen molar-refractivity contribution in [3.8, 4) is 0 Å². The first kappa shape index (κ1) is 12.7. The summed E-state index contributed by atoms with van der Waals surface area (Å²) < 4.78 is 0. The van der Waals surface area contributed by atoms with Crippen LogP contribution in [0.25, 0.3) is 0 Å². The third-order valence-electron chi connectivity index (χ3n) is 3.24. The average Bonchev–Trinajstić information content (AvgIpc) is 2.46. The maximum atomic E-state index is 2.43. The number of aryl methyl sites for hydroxylation is 1. The molecule has 0 amide bonds. The Balaban J connectivity index is 1.85. The summed E-state index contributed by atoms with van der Waals surface area (Å²) in [5, 5.41) is 0. The second-order valence-corrected chi connectivity index (χ2v) is 4.50. The second kappa shape index (κ2) is 6.85. The third kappa shape index (κ3) is 3.63. The van der Waals surface area contributed by atoms with Gasteiger partial charge < -0.3 is 4.90 Å². The molecule has 0 heterocycles. The molecule has 0 radical (unpaired) electrons. The first-order valence-electron chi connectivity index (χ1n) is 6.74. The molecule has 2 aromatic rings. The van der Waals surface area contributed by atoms with E-state index in [2.05, 4.69) is 72.5 Å². The standard InChI is InChI=1S/C17H21N/c1-2-18(17-13-7-4-8-14-17)15-9-12-16-10-5-3-6-11-16/h3-8,10-11,13-14H,2,9,12,15H2,1H3. The van der Waals surface area contributed by atoms with Gasteiger partial charge in [0.05, 0.1) is 0 Å². The highest BCUT2D eigenvalue weighted by molar-refractivity contribution is 5.45. The zero-order valence-corrected chi connectivity index (χ0v) is 11.0. The van der Waals surface area contributed by atoms with Crippen molar-refractivity contribution in [1.82, 2.24) is 0 Å². The number of rotatable bonds is 6. The molecule has 18 heavy (non-hydrogen) atoms. The number of hydrogen-bond donors (Lipinski definition) is 0. The van der Waals surface area contributed by atoms with E-state index in [4.69, 9.17) is 0 Å². The molecule has 0 aromatic heterocycles. The van der Waals surface area contributed by atoms with Crippen molar-refractivity contribution in [2.75, 3.05) is 18.0 Å². The molecule has 0 spiro atoms. The quantitative estimate of drug-likeness (QED) is 0.732. The molecule has 0 N–H and O–H groups in total. The predicted molar refractivity (Wildman–Crippen MR) is 79.1 cm³/mol. The molecule has 2 aromatic carbocycles. The molecule has 94 valence electrons. The van der Waals surface area contributed by atoms with Gasteiger partial charge in [0.1, 0.15) is 0 Å². The van der Waals surface area contributed by atoms with Gasteiger partial charge in [0, 0.05) is 18.8 Å². The van der Waals surface area contributed by atoms with Gasteiger partial charge in [-0.2, -0.15) is 0 Å². The maximum absolute atomic E-state index is 2.43. The number of anilines is 1. The lowest BCUT2D eigenvalue weighted by molar-refractivity contribution is 0.746. The molecule has 0 saturated heterocycles. The summed E-state index contributed by atoms with van der Waals surface area (Å²) in [7, 11) is 0. The van der Waals surface area contributed by atoms with E-state index < -0.39 is 0 Å². The molecular formula is C17H21N. The SMILES string of the molecule is CCN(CCCc1ccccc1)c1ccccc1. The Morgan fingerprint density at radius 3 is 2.06 bits per heavy atom. The first-order valence-corrected chi connectivity index (χ1v) is 6.74. The molecule has 0 aliphatic carbocycles. The highest BCUT2D eigenvalue weighted by atomic mass is 15.1. The highest BCUT2D eigenvalue weighted by Crippen LogP contribution is 2.14. The molecular weight excluding hydrogens is 218 g/mol. The zero-order chi connectivity index (χ0) is 12.6. The third-order valence-corrected chi connectivity index (χ3v) is 3.24. The first-order chi connectivity index (χ1) is 8.90. The van der Waals surface area contributed by atoms with Crippen LogP contribution >= 0.6 is 0 Å². The van der Waals surface area contributed by atoms with Crippen molar-refractivity contribution in [2.45, 2.75) is 19.8 Å². The van der Waals surface area contributed by atoms with E-state index in [1.54, 1.807) is 0 Å². The summed E-state index contributed by atoms with van der Waals surface area (Å²) in [4.78, 5) is 2.43. The molecule has 0 aliphatic heterocycles. The minimum Gasteiger partial charge on any atom is -0.372 e. The summed E-state index contributed by atoms with van der Waals surface area (Å²) in [6.07, 6.45) is 2.36. The Bertz CT molecular complexity index is 436. The van der Waals surface area contributed by atoms with Crippen LogP contribution in [0.4, 0.5) is 5.69 Å². The lowest BCUT2D eigenvalue weighted by Gasteiger charge is -2.23. The Morgan fingerprint density at radius 1 is 0.833 bits per heavy atom. The lowest BCUT2D eigenvalue weighted by Crippen LogP contribution is -2.24. The van der Waals surface area contributed by atoms with Crippen molar-refractivity contribution in [3.05, 3.63) is 66.2 Å². The minimum atomic E-state index is 1.07. The van der Waals surface area contributed by atoms with E-state index in [0.717, 1.165) is 19.5 Å². The monoisotopic (exact) mass is 239 g/mol. The Morgan fingerprint density at radius 2 is 1.44 bits per heavy atom. The Hall–Kier alpha value is -1.76. The fraction of sp³-hybridized carbons (Fsp3) is 0.294. The van der Waals surface area contributed by atoms with Crippen molar-refractivity contribution in [3.63, 3.8) is 0 Å². The number of para-hydroxylation sites is 1. The van der Waals surface area contributed by atoms with Gasteiger partial charge >= 0.3 is 0 Å². The lowest BCUT2D eigenvalue weighted by atomic mass is 10.1. The smallest absolute Gasteiger partial charge is 0.0366 e. The molecule has 0 saturated carbocycles. The normalized spacial score (nSPS) is 10.3. The van der Waals surface area contributed by atoms with E-state index in [1.165, 1.54) is 17.7 Å². The van der Waals surface area contributed by atoms with Gasteiger partial charge in [-0.25, -0.2) is 0 Å². The Labute approximate surface area is 110 Å². The summed E-state index contributed by atoms with van der Waals surface area (Å²) >= 11 is 0. The number of nitrogens with zero attached hydrogens (tertiary/aromatic N) is 1. The summed E-state index contributed by atoms with van der Waals surface area (Å²) in [5.41, 5.74) is 2.76.